The Hall–Kier alpha value is -0.610. The Morgan fingerprint density at radius 2 is 2.30 bits per heavy atom. The Balaban J connectivity index is 2.04. The van der Waals surface area contributed by atoms with Gasteiger partial charge in [-0.1, -0.05) is 22.0 Å². The molecule has 0 saturated carbocycles. The zero-order chi connectivity index (χ0) is 14.2. The summed E-state index contributed by atoms with van der Waals surface area (Å²) < 4.78 is 40.7. The van der Waals surface area contributed by atoms with Crippen molar-refractivity contribution in [1.29, 1.82) is 0 Å². The standard InChI is InChI=1S/C11H12BrN3O3S2/c12-6-8-7-18-5-4-15(8)20(16,17)10-3-1-2-9-11(10)14-19-13-9/h1-3,8H,4-7H2. The lowest BCUT2D eigenvalue weighted by molar-refractivity contribution is 0.0413. The fraction of sp³-hybridized carbons (Fsp3) is 0.455. The number of hydrogen-bond donors (Lipinski definition) is 0. The monoisotopic (exact) mass is 377 g/mol. The molecule has 0 N–H and O–H groups in total. The minimum Gasteiger partial charge on any atom is -0.378 e. The molecule has 0 radical (unpaired) electrons. The van der Waals surface area contributed by atoms with Gasteiger partial charge in [-0.05, 0) is 12.1 Å². The summed E-state index contributed by atoms with van der Waals surface area (Å²) in [7, 11) is -3.59. The first kappa shape index (κ1) is 14.3. The molecule has 1 atom stereocenters. The second-order valence-electron chi connectivity index (χ2n) is 4.39. The molecule has 0 aliphatic carbocycles. The van der Waals surface area contributed by atoms with E-state index in [9.17, 15) is 8.42 Å². The van der Waals surface area contributed by atoms with Crippen LogP contribution in [0.15, 0.2) is 31.8 Å². The number of alkyl halides is 1. The summed E-state index contributed by atoms with van der Waals surface area (Å²) in [4.78, 5) is 0.219. The second-order valence-corrected chi connectivity index (χ2v) is 7.42. The molecule has 2 aliphatic heterocycles. The van der Waals surface area contributed by atoms with Gasteiger partial charge in [-0.2, -0.15) is 13.0 Å². The van der Waals surface area contributed by atoms with Crippen molar-refractivity contribution in [2.75, 3.05) is 25.1 Å². The molecule has 6 nitrogen and oxygen atoms in total. The third kappa shape index (κ3) is 2.37. The number of rotatable bonds is 3. The fourth-order valence-electron chi connectivity index (χ4n) is 2.19. The third-order valence-electron chi connectivity index (χ3n) is 3.19. The maximum absolute atomic E-state index is 12.9. The van der Waals surface area contributed by atoms with Gasteiger partial charge in [0.15, 0.2) is 0 Å². The van der Waals surface area contributed by atoms with Crippen molar-refractivity contribution >= 4 is 48.7 Å². The molecule has 2 heterocycles. The van der Waals surface area contributed by atoms with Crippen LogP contribution in [0.5, 0.6) is 0 Å². The molecule has 1 unspecified atom stereocenters. The summed E-state index contributed by atoms with van der Waals surface area (Å²) in [5, 5.41) is 0.539. The Morgan fingerprint density at radius 1 is 1.45 bits per heavy atom. The average Bonchev–Trinajstić information content (AvgIpc) is 2.95. The number of nitrogens with zero attached hydrogens (tertiary/aromatic N) is 3. The van der Waals surface area contributed by atoms with Crippen LogP contribution in [0.3, 0.4) is 0 Å². The summed E-state index contributed by atoms with van der Waals surface area (Å²) in [5.41, 5.74) is 1.05. The molecule has 0 amide bonds. The predicted octanol–water partition coefficient (Wildman–Crippen LogP) is 2.20. The normalized spacial score (nSPS) is 22.6. The van der Waals surface area contributed by atoms with E-state index in [-0.39, 0.29) is 10.9 Å². The highest BCUT2D eigenvalue weighted by molar-refractivity contribution is 9.09. The van der Waals surface area contributed by atoms with Crippen molar-refractivity contribution in [2.45, 2.75) is 10.9 Å². The number of morpholine rings is 1. The number of sulfonamides is 1. The van der Waals surface area contributed by atoms with E-state index >= 15 is 0 Å². The van der Waals surface area contributed by atoms with E-state index in [1.54, 1.807) is 18.2 Å². The van der Waals surface area contributed by atoms with E-state index in [1.807, 2.05) is 0 Å². The van der Waals surface area contributed by atoms with Crippen LogP contribution < -0.4 is 0 Å². The summed E-state index contributed by atoms with van der Waals surface area (Å²) >= 11 is 4.37. The molecular weight excluding hydrogens is 366 g/mol. The first-order valence-corrected chi connectivity index (χ1v) is 9.30. The van der Waals surface area contributed by atoms with E-state index < -0.39 is 10.0 Å². The van der Waals surface area contributed by atoms with Gasteiger partial charge in [0.25, 0.3) is 0 Å². The largest absolute Gasteiger partial charge is 0.378 e. The Morgan fingerprint density at radius 3 is 3.10 bits per heavy atom. The van der Waals surface area contributed by atoms with Crippen molar-refractivity contribution < 1.29 is 13.2 Å². The highest BCUT2D eigenvalue weighted by Crippen LogP contribution is 2.39. The van der Waals surface area contributed by atoms with Crippen LogP contribution in [0.4, 0.5) is 11.4 Å². The Labute approximate surface area is 129 Å². The van der Waals surface area contributed by atoms with Gasteiger partial charge in [0.1, 0.15) is 16.3 Å². The summed E-state index contributed by atoms with van der Waals surface area (Å²) in [5.74, 6) is 0. The first-order chi connectivity index (χ1) is 9.64. The highest BCUT2D eigenvalue weighted by atomic mass is 79.9. The molecular formula is C11H12BrN3O3S2. The molecule has 0 spiro atoms. The van der Waals surface area contributed by atoms with Crippen LogP contribution in [0, 0.1) is 0 Å². The zero-order valence-electron chi connectivity index (χ0n) is 10.4. The topological polar surface area (TPSA) is 71.3 Å². The molecule has 108 valence electrons. The van der Waals surface area contributed by atoms with E-state index in [4.69, 9.17) is 4.74 Å². The van der Waals surface area contributed by atoms with Crippen LogP contribution in [0.2, 0.25) is 0 Å². The summed E-state index contributed by atoms with van der Waals surface area (Å²) in [6, 6.07) is 4.84. The molecule has 20 heavy (non-hydrogen) atoms. The van der Waals surface area contributed by atoms with Crippen molar-refractivity contribution in [3.8, 4) is 0 Å². The lowest BCUT2D eigenvalue weighted by atomic mass is 10.3. The minimum atomic E-state index is -3.59. The SMILES string of the molecule is O=S(=O)(c1cccc2c1N=S=N2)N1CCOCC1CBr. The first-order valence-electron chi connectivity index (χ1n) is 6.01. The van der Waals surface area contributed by atoms with Crippen molar-refractivity contribution in [1.82, 2.24) is 4.31 Å². The smallest absolute Gasteiger partial charge is 0.245 e. The van der Waals surface area contributed by atoms with E-state index in [2.05, 4.69) is 24.7 Å². The van der Waals surface area contributed by atoms with Gasteiger partial charge < -0.3 is 4.74 Å². The van der Waals surface area contributed by atoms with Crippen molar-refractivity contribution in [2.24, 2.45) is 8.73 Å². The van der Waals surface area contributed by atoms with Crippen LogP contribution >= 0.6 is 15.9 Å². The highest BCUT2D eigenvalue weighted by Gasteiger charge is 2.35. The van der Waals surface area contributed by atoms with E-state index in [1.165, 1.54) is 4.31 Å². The lowest BCUT2D eigenvalue weighted by Crippen LogP contribution is -2.49. The number of benzene rings is 1. The Bertz CT molecular complexity index is 701. The van der Waals surface area contributed by atoms with Gasteiger partial charge in [0, 0.05) is 11.9 Å². The van der Waals surface area contributed by atoms with Crippen LogP contribution in [-0.2, 0) is 26.1 Å². The van der Waals surface area contributed by atoms with Gasteiger partial charge in [-0.15, -0.1) is 0 Å². The van der Waals surface area contributed by atoms with Gasteiger partial charge in [-0.25, -0.2) is 8.42 Å². The lowest BCUT2D eigenvalue weighted by Gasteiger charge is -2.33. The molecule has 1 saturated heterocycles. The van der Waals surface area contributed by atoms with Gasteiger partial charge in [0.2, 0.25) is 10.0 Å². The van der Waals surface area contributed by atoms with Crippen LogP contribution in [0.1, 0.15) is 0 Å². The predicted molar refractivity (Wildman–Crippen MR) is 80.3 cm³/mol. The molecule has 1 aromatic rings. The van der Waals surface area contributed by atoms with Crippen molar-refractivity contribution in [3.05, 3.63) is 18.2 Å². The molecule has 3 rings (SSSR count). The molecule has 0 aromatic heterocycles. The van der Waals surface area contributed by atoms with E-state index in [0.717, 1.165) is 11.4 Å². The quantitative estimate of drug-likeness (QED) is 0.769. The van der Waals surface area contributed by atoms with Gasteiger partial charge in [-0.3, -0.25) is 0 Å². The third-order valence-corrected chi connectivity index (χ3v) is 6.46. The van der Waals surface area contributed by atoms with Crippen LogP contribution in [-0.4, -0.2) is 43.9 Å². The average molecular weight is 378 g/mol. The number of halogens is 1. The zero-order valence-corrected chi connectivity index (χ0v) is 13.6. The minimum absolute atomic E-state index is 0.199. The van der Waals surface area contributed by atoms with Gasteiger partial charge in [0.05, 0.1) is 30.6 Å². The molecule has 1 aromatic carbocycles. The molecule has 9 heteroatoms. The maximum atomic E-state index is 12.9. The number of fused-ring (bicyclic) bond motifs is 1. The molecule has 2 aliphatic rings. The number of hydrogen-bond acceptors (Lipinski definition) is 5. The second kappa shape index (κ2) is 5.64. The number of ether oxygens (including phenoxy) is 1. The van der Waals surface area contributed by atoms with Crippen molar-refractivity contribution in [3.63, 3.8) is 0 Å². The summed E-state index contributed by atoms with van der Waals surface area (Å²) in [6.45, 7) is 1.16. The van der Waals surface area contributed by atoms with Gasteiger partial charge >= 0.3 is 0 Å². The van der Waals surface area contributed by atoms with Crippen LogP contribution in [0.25, 0.3) is 0 Å². The molecule has 0 bridgehead atoms. The maximum Gasteiger partial charge on any atom is 0.245 e. The Kier molecular flexibility index (Phi) is 4.04. The molecule has 1 fully saturated rings. The summed E-state index contributed by atoms with van der Waals surface area (Å²) in [6.07, 6.45) is 0. The fourth-order valence-corrected chi connectivity index (χ4v) is 5.27. The van der Waals surface area contributed by atoms with E-state index in [0.29, 0.717) is 36.5 Å².